The molecule has 2 aromatic rings. The molecule has 2 heterocycles. The lowest BCUT2D eigenvalue weighted by molar-refractivity contribution is -0.145. The van der Waals surface area contributed by atoms with E-state index < -0.39 is 5.60 Å². The Morgan fingerprint density at radius 2 is 1.62 bits per heavy atom. The van der Waals surface area contributed by atoms with Gasteiger partial charge in [0.25, 0.3) is 11.8 Å². The monoisotopic (exact) mass is 323 g/mol. The van der Waals surface area contributed by atoms with Gasteiger partial charge in [-0.15, -0.1) is 0 Å². The van der Waals surface area contributed by atoms with Crippen LogP contribution in [0.5, 0.6) is 0 Å². The van der Waals surface area contributed by atoms with E-state index in [0.29, 0.717) is 43.1 Å². The lowest BCUT2D eigenvalue weighted by Gasteiger charge is -2.40. The number of fused-ring (bicyclic) bond motifs is 2. The minimum atomic E-state index is -1.17. The van der Waals surface area contributed by atoms with E-state index >= 15 is 0 Å². The highest BCUT2D eigenvalue weighted by atomic mass is 16.6. The Morgan fingerprint density at radius 3 is 2.46 bits per heavy atom. The predicted molar refractivity (Wildman–Crippen MR) is 87.8 cm³/mol. The predicted octanol–water partition coefficient (Wildman–Crippen LogP) is 2.51. The molecule has 0 N–H and O–H groups in total. The lowest BCUT2D eigenvalue weighted by atomic mass is 9.81. The first kappa shape index (κ1) is 15.1. The molecular weight excluding hydrogens is 306 g/mol. The Balaban J connectivity index is 1.92. The zero-order chi connectivity index (χ0) is 16.6. The van der Waals surface area contributed by atoms with Gasteiger partial charge in [-0.1, -0.05) is 36.4 Å². The van der Waals surface area contributed by atoms with Gasteiger partial charge in [0.2, 0.25) is 0 Å². The van der Waals surface area contributed by atoms with Crippen LogP contribution in [0.3, 0.4) is 0 Å². The largest absolute Gasteiger partial charge is 0.379 e. The van der Waals surface area contributed by atoms with Crippen LogP contribution < -0.4 is 4.90 Å². The van der Waals surface area contributed by atoms with Crippen LogP contribution in [0.1, 0.15) is 22.3 Å². The summed E-state index contributed by atoms with van der Waals surface area (Å²) in [4.78, 5) is 27.5. The zero-order valence-electron chi connectivity index (χ0n) is 13.1. The van der Waals surface area contributed by atoms with Crippen molar-refractivity contribution in [2.75, 3.05) is 24.7 Å². The first-order valence-electron chi connectivity index (χ1n) is 7.99. The van der Waals surface area contributed by atoms with Crippen molar-refractivity contribution in [2.45, 2.75) is 12.0 Å². The average molecular weight is 323 g/mol. The second-order valence-corrected chi connectivity index (χ2v) is 5.86. The number of anilines is 1. The van der Waals surface area contributed by atoms with E-state index in [-0.39, 0.29) is 11.8 Å². The van der Waals surface area contributed by atoms with Gasteiger partial charge in [-0.25, -0.2) is 4.90 Å². The highest BCUT2D eigenvalue weighted by Gasteiger charge is 2.52. The fraction of sp³-hybridized carbons (Fsp3) is 0.263. The number of nitrogens with zero attached hydrogens (tertiary/aromatic N) is 1. The molecule has 0 aliphatic carbocycles. The van der Waals surface area contributed by atoms with E-state index in [0.717, 1.165) is 0 Å². The summed E-state index contributed by atoms with van der Waals surface area (Å²) in [6.45, 7) is 1.17. The maximum Gasteiger partial charge on any atom is 0.271 e. The number of benzene rings is 2. The fourth-order valence-corrected chi connectivity index (χ4v) is 3.39. The Hall–Kier alpha value is -2.50. The van der Waals surface area contributed by atoms with Crippen LogP contribution >= 0.6 is 0 Å². The second kappa shape index (κ2) is 5.85. The van der Waals surface area contributed by atoms with E-state index in [4.69, 9.17) is 9.47 Å². The van der Waals surface area contributed by atoms with Crippen molar-refractivity contribution < 1.29 is 19.1 Å². The zero-order valence-corrected chi connectivity index (χ0v) is 13.1. The molecule has 4 rings (SSSR count). The van der Waals surface area contributed by atoms with Crippen LogP contribution in [-0.4, -0.2) is 31.6 Å². The number of carbonyl (C=O) groups is 2. The molecular formula is C19H17NO4. The van der Waals surface area contributed by atoms with Crippen LogP contribution in [0.15, 0.2) is 54.6 Å². The molecule has 0 radical (unpaired) electrons. The fourth-order valence-electron chi connectivity index (χ4n) is 3.39. The summed E-state index contributed by atoms with van der Waals surface area (Å²) in [5.74, 6) is -0.663. The smallest absolute Gasteiger partial charge is 0.271 e. The van der Waals surface area contributed by atoms with E-state index in [9.17, 15) is 9.59 Å². The summed E-state index contributed by atoms with van der Waals surface area (Å²) in [7, 11) is 0. The van der Waals surface area contributed by atoms with Crippen LogP contribution in [0, 0.1) is 0 Å². The van der Waals surface area contributed by atoms with Crippen molar-refractivity contribution in [3.63, 3.8) is 0 Å². The maximum atomic E-state index is 13.4. The highest BCUT2D eigenvalue weighted by Crippen LogP contribution is 2.41. The SMILES string of the molecule is O=C1c2ccccc2[C@]2(CCOCCO2)C(=O)N1c1ccccc1. The number of hydrogen-bond acceptors (Lipinski definition) is 4. The van der Waals surface area contributed by atoms with Gasteiger partial charge in [-0.3, -0.25) is 9.59 Å². The molecule has 5 heteroatoms. The van der Waals surface area contributed by atoms with Crippen LogP contribution in [-0.2, 0) is 19.9 Å². The normalized spacial score (nSPS) is 23.9. The molecule has 5 nitrogen and oxygen atoms in total. The molecule has 0 bridgehead atoms. The van der Waals surface area contributed by atoms with Crippen molar-refractivity contribution in [1.29, 1.82) is 0 Å². The summed E-state index contributed by atoms with van der Waals surface area (Å²) < 4.78 is 11.5. The molecule has 2 aliphatic rings. The topological polar surface area (TPSA) is 55.8 Å². The average Bonchev–Trinajstić information content (AvgIpc) is 2.88. The van der Waals surface area contributed by atoms with Gasteiger partial charge < -0.3 is 9.47 Å². The molecule has 122 valence electrons. The van der Waals surface area contributed by atoms with Crippen LogP contribution in [0.4, 0.5) is 5.69 Å². The maximum absolute atomic E-state index is 13.4. The van der Waals surface area contributed by atoms with Gasteiger partial charge >= 0.3 is 0 Å². The number of carbonyl (C=O) groups excluding carboxylic acids is 2. The first-order valence-corrected chi connectivity index (χ1v) is 7.99. The molecule has 1 atom stereocenters. The van der Waals surface area contributed by atoms with Gasteiger partial charge in [-0.2, -0.15) is 0 Å². The van der Waals surface area contributed by atoms with E-state index in [2.05, 4.69) is 0 Å². The summed E-state index contributed by atoms with van der Waals surface area (Å²) in [6, 6.07) is 16.2. The van der Waals surface area contributed by atoms with Crippen LogP contribution in [0.25, 0.3) is 0 Å². The van der Waals surface area contributed by atoms with Crippen molar-refractivity contribution in [3.05, 3.63) is 65.7 Å². The Bertz CT molecular complexity index is 779. The van der Waals surface area contributed by atoms with E-state index in [1.54, 1.807) is 42.5 Å². The number of hydrogen-bond donors (Lipinski definition) is 0. The summed E-state index contributed by atoms with van der Waals surface area (Å²) in [5, 5.41) is 0. The molecule has 2 amide bonds. The molecule has 0 saturated carbocycles. The Morgan fingerprint density at radius 1 is 0.875 bits per heavy atom. The molecule has 2 aliphatic heterocycles. The third-order valence-electron chi connectivity index (χ3n) is 4.53. The summed E-state index contributed by atoms with van der Waals surface area (Å²) >= 11 is 0. The Labute approximate surface area is 139 Å². The lowest BCUT2D eigenvalue weighted by Crippen LogP contribution is -2.56. The number of para-hydroxylation sites is 1. The van der Waals surface area contributed by atoms with Gasteiger partial charge in [0, 0.05) is 17.5 Å². The van der Waals surface area contributed by atoms with E-state index in [1.807, 2.05) is 12.1 Å². The Kier molecular flexibility index (Phi) is 3.67. The minimum Gasteiger partial charge on any atom is -0.379 e. The third kappa shape index (κ3) is 2.17. The van der Waals surface area contributed by atoms with Crippen molar-refractivity contribution >= 4 is 17.5 Å². The summed E-state index contributed by atoms with van der Waals surface area (Å²) in [6.07, 6.45) is 0.388. The van der Waals surface area contributed by atoms with Crippen molar-refractivity contribution in [3.8, 4) is 0 Å². The van der Waals surface area contributed by atoms with Gasteiger partial charge in [-0.05, 0) is 18.2 Å². The molecule has 1 fully saturated rings. The highest BCUT2D eigenvalue weighted by molar-refractivity contribution is 6.27. The van der Waals surface area contributed by atoms with Crippen molar-refractivity contribution in [1.82, 2.24) is 0 Å². The van der Waals surface area contributed by atoms with Gasteiger partial charge in [0.1, 0.15) is 0 Å². The third-order valence-corrected chi connectivity index (χ3v) is 4.53. The first-order chi connectivity index (χ1) is 11.7. The minimum absolute atomic E-state index is 0.316. The van der Waals surface area contributed by atoms with Crippen LogP contribution in [0.2, 0.25) is 0 Å². The number of rotatable bonds is 1. The van der Waals surface area contributed by atoms with Gasteiger partial charge in [0.15, 0.2) is 5.60 Å². The molecule has 0 unspecified atom stereocenters. The number of amides is 2. The molecule has 24 heavy (non-hydrogen) atoms. The van der Waals surface area contributed by atoms with Crippen molar-refractivity contribution in [2.24, 2.45) is 0 Å². The van der Waals surface area contributed by atoms with Gasteiger partial charge in [0.05, 0.1) is 25.5 Å². The summed E-state index contributed by atoms with van der Waals surface area (Å²) in [5.41, 5.74) is 0.521. The number of ether oxygens (including phenoxy) is 2. The molecule has 2 aromatic carbocycles. The number of imide groups is 1. The molecule has 0 aromatic heterocycles. The molecule has 1 saturated heterocycles. The van der Waals surface area contributed by atoms with E-state index in [1.165, 1.54) is 4.90 Å². The quantitative estimate of drug-likeness (QED) is 0.757. The molecule has 1 spiro atoms. The second-order valence-electron chi connectivity index (χ2n) is 5.86. The standard InChI is InChI=1S/C19H17NO4/c21-17-15-8-4-5-9-16(15)19(10-11-23-12-13-24-19)18(22)20(17)14-6-2-1-3-7-14/h1-9H,10-13H2/t19-/m1/s1.